The molecule has 96 valence electrons. The van der Waals surface area contributed by atoms with Gasteiger partial charge in [0.1, 0.15) is 11.6 Å². The molecule has 0 N–H and O–H groups in total. The summed E-state index contributed by atoms with van der Waals surface area (Å²) in [5.41, 5.74) is 1.14. The molecule has 1 aromatic heterocycles. The zero-order chi connectivity index (χ0) is 13.2. The first-order chi connectivity index (χ1) is 8.60. The van der Waals surface area contributed by atoms with Crippen LogP contribution in [0.2, 0.25) is 0 Å². The summed E-state index contributed by atoms with van der Waals surface area (Å²) < 4.78 is 2.15. The van der Waals surface area contributed by atoms with Crippen molar-refractivity contribution in [2.45, 2.75) is 37.9 Å². The molecule has 0 unspecified atom stereocenters. The van der Waals surface area contributed by atoms with Gasteiger partial charge in [0.05, 0.1) is 5.33 Å². The molecule has 0 spiro atoms. The highest BCUT2D eigenvalue weighted by molar-refractivity contribution is 9.08. The number of halogens is 1. The number of alkyl halides is 1. The molecule has 0 saturated carbocycles. The van der Waals surface area contributed by atoms with E-state index in [2.05, 4.69) is 63.6 Å². The van der Waals surface area contributed by atoms with Gasteiger partial charge in [-0.1, -0.05) is 54.9 Å². The maximum atomic E-state index is 4.39. The Kier molecular flexibility index (Phi) is 3.85. The molecule has 18 heavy (non-hydrogen) atoms. The standard InChI is InChI=1S/C14H18BrN3/c1-4-14(2,3)13-17-16-12(10-15)18(13)11-8-6-5-7-9-11/h5-9H,4,10H2,1-3H3. The Balaban J connectivity index is 2.61. The predicted octanol–water partition coefficient (Wildman–Crippen LogP) is 3.85. The Morgan fingerprint density at radius 2 is 1.83 bits per heavy atom. The number of benzene rings is 1. The van der Waals surface area contributed by atoms with Crippen molar-refractivity contribution in [2.24, 2.45) is 0 Å². The van der Waals surface area contributed by atoms with Gasteiger partial charge in [0.25, 0.3) is 0 Å². The van der Waals surface area contributed by atoms with Crippen LogP contribution in [-0.4, -0.2) is 14.8 Å². The van der Waals surface area contributed by atoms with Gasteiger partial charge in [-0.05, 0) is 18.6 Å². The minimum absolute atomic E-state index is 0.0171. The van der Waals surface area contributed by atoms with Crippen molar-refractivity contribution >= 4 is 15.9 Å². The van der Waals surface area contributed by atoms with Crippen LogP contribution in [0.4, 0.5) is 0 Å². The van der Waals surface area contributed by atoms with Gasteiger partial charge in [-0.3, -0.25) is 4.57 Å². The first kappa shape index (κ1) is 13.3. The zero-order valence-electron chi connectivity index (χ0n) is 11.0. The molecule has 0 aliphatic carbocycles. The third-order valence-electron chi connectivity index (χ3n) is 3.35. The van der Waals surface area contributed by atoms with Gasteiger partial charge < -0.3 is 0 Å². The van der Waals surface area contributed by atoms with Gasteiger partial charge in [0.15, 0.2) is 0 Å². The lowest BCUT2D eigenvalue weighted by Crippen LogP contribution is -2.22. The Morgan fingerprint density at radius 3 is 2.39 bits per heavy atom. The Bertz CT molecular complexity index is 517. The van der Waals surface area contributed by atoms with Crippen LogP contribution in [0.15, 0.2) is 30.3 Å². The van der Waals surface area contributed by atoms with E-state index in [0.717, 1.165) is 23.8 Å². The van der Waals surface area contributed by atoms with E-state index in [1.54, 1.807) is 0 Å². The lowest BCUT2D eigenvalue weighted by Gasteiger charge is -2.23. The second kappa shape index (κ2) is 5.22. The van der Waals surface area contributed by atoms with E-state index >= 15 is 0 Å². The van der Waals surface area contributed by atoms with Crippen LogP contribution in [0.5, 0.6) is 0 Å². The van der Waals surface area contributed by atoms with Crippen LogP contribution in [0.25, 0.3) is 5.69 Å². The van der Waals surface area contributed by atoms with E-state index in [-0.39, 0.29) is 5.41 Å². The molecular formula is C14H18BrN3. The highest BCUT2D eigenvalue weighted by atomic mass is 79.9. The van der Waals surface area contributed by atoms with E-state index in [1.165, 1.54) is 0 Å². The highest BCUT2D eigenvalue weighted by Crippen LogP contribution is 2.28. The molecule has 0 aliphatic heterocycles. The van der Waals surface area contributed by atoms with Crippen molar-refractivity contribution in [3.63, 3.8) is 0 Å². The van der Waals surface area contributed by atoms with Crippen LogP contribution in [0, 0.1) is 0 Å². The van der Waals surface area contributed by atoms with Crippen LogP contribution < -0.4 is 0 Å². The number of para-hydroxylation sites is 1. The minimum Gasteiger partial charge on any atom is -0.282 e. The molecule has 0 amide bonds. The van der Waals surface area contributed by atoms with Gasteiger partial charge >= 0.3 is 0 Å². The summed E-state index contributed by atoms with van der Waals surface area (Å²) in [5.74, 6) is 1.96. The predicted molar refractivity (Wildman–Crippen MR) is 77.3 cm³/mol. The summed E-state index contributed by atoms with van der Waals surface area (Å²) in [5, 5.41) is 9.38. The monoisotopic (exact) mass is 307 g/mol. The molecule has 4 heteroatoms. The summed E-state index contributed by atoms with van der Waals surface area (Å²) in [4.78, 5) is 0. The topological polar surface area (TPSA) is 30.7 Å². The van der Waals surface area contributed by atoms with E-state index < -0.39 is 0 Å². The Hall–Kier alpha value is -1.16. The van der Waals surface area contributed by atoms with Crippen LogP contribution >= 0.6 is 15.9 Å². The molecule has 0 aliphatic rings. The number of nitrogens with zero attached hydrogens (tertiary/aromatic N) is 3. The fourth-order valence-electron chi connectivity index (χ4n) is 1.85. The van der Waals surface area contributed by atoms with Gasteiger partial charge in [-0.15, -0.1) is 10.2 Å². The maximum Gasteiger partial charge on any atom is 0.148 e. The van der Waals surface area contributed by atoms with Crippen molar-refractivity contribution in [1.82, 2.24) is 14.8 Å². The molecule has 1 aromatic carbocycles. The molecule has 0 radical (unpaired) electrons. The molecular weight excluding hydrogens is 290 g/mol. The fourth-order valence-corrected chi connectivity index (χ4v) is 2.21. The molecule has 1 heterocycles. The minimum atomic E-state index is 0.0171. The average Bonchev–Trinajstić information content (AvgIpc) is 2.84. The molecule has 3 nitrogen and oxygen atoms in total. The second-order valence-electron chi connectivity index (χ2n) is 4.98. The Morgan fingerprint density at radius 1 is 1.17 bits per heavy atom. The van der Waals surface area contributed by atoms with E-state index in [1.807, 2.05) is 18.2 Å². The van der Waals surface area contributed by atoms with Gasteiger partial charge in [0, 0.05) is 11.1 Å². The van der Waals surface area contributed by atoms with Crippen LogP contribution in [0.1, 0.15) is 38.8 Å². The first-order valence-corrected chi connectivity index (χ1v) is 7.28. The molecule has 0 bridgehead atoms. The SMILES string of the molecule is CCC(C)(C)c1nnc(CBr)n1-c1ccccc1. The largest absolute Gasteiger partial charge is 0.282 e. The summed E-state index contributed by atoms with van der Waals surface area (Å²) in [6.45, 7) is 6.58. The van der Waals surface area contributed by atoms with E-state index in [9.17, 15) is 0 Å². The van der Waals surface area contributed by atoms with E-state index in [0.29, 0.717) is 5.33 Å². The fraction of sp³-hybridized carbons (Fsp3) is 0.429. The lowest BCUT2D eigenvalue weighted by molar-refractivity contribution is 0.463. The summed E-state index contributed by atoms with van der Waals surface area (Å²) >= 11 is 3.48. The molecule has 0 fully saturated rings. The lowest BCUT2D eigenvalue weighted by atomic mass is 9.89. The quantitative estimate of drug-likeness (QED) is 0.803. The smallest absolute Gasteiger partial charge is 0.148 e. The average molecular weight is 308 g/mol. The normalized spacial score (nSPS) is 11.8. The number of aromatic nitrogens is 3. The van der Waals surface area contributed by atoms with Gasteiger partial charge in [-0.25, -0.2) is 0 Å². The number of rotatable bonds is 4. The van der Waals surface area contributed by atoms with Crippen molar-refractivity contribution in [2.75, 3.05) is 0 Å². The van der Waals surface area contributed by atoms with Crippen molar-refractivity contribution in [1.29, 1.82) is 0 Å². The number of hydrogen-bond donors (Lipinski definition) is 0. The van der Waals surface area contributed by atoms with E-state index in [4.69, 9.17) is 0 Å². The van der Waals surface area contributed by atoms with Crippen LogP contribution in [0.3, 0.4) is 0 Å². The number of hydrogen-bond acceptors (Lipinski definition) is 2. The molecule has 0 saturated heterocycles. The maximum absolute atomic E-state index is 4.39. The molecule has 0 atom stereocenters. The summed E-state index contributed by atoms with van der Waals surface area (Å²) in [6.07, 6.45) is 1.03. The Labute approximate surface area is 116 Å². The molecule has 2 rings (SSSR count). The third kappa shape index (κ3) is 2.34. The first-order valence-electron chi connectivity index (χ1n) is 6.16. The molecule has 2 aromatic rings. The zero-order valence-corrected chi connectivity index (χ0v) is 12.6. The van der Waals surface area contributed by atoms with Crippen molar-refractivity contribution in [3.05, 3.63) is 42.0 Å². The third-order valence-corrected chi connectivity index (χ3v) is 3.85. The van der Waals surface area contributed by atoms with Gasteiger partial charge in [-0.2, -0.15) is 0 Å². The van der Waals surface area contributed by atoms with Gasteiger partial charge in [0.2, 0.25) is 0 Å². The summed E-state index contributed by atoms with van der Waals surface area (Å²) in [6, 6.07) is 10.3. The highest BCUT2D eigenvalue weighted by Gasteiger charge is 2.27. The van der Waals surface area contributed by atoms with Crippen LogP contribution in [-0.2, 0) is 10.7 Å². The second-order valence-corrected chi connectivity index (χ2v) is 5.54. The van der Waals surface area contributed by atoms with Crippen molar-refractivity contribution < 1.29 is 0 Å². The summed E-state index contributed by atoms with van der Waals surface area (Å²) in [7, 11) is 0. The van der Waals surface area contributed by atoms with Crippen molar-refractivity contribution in [3.8, 4) is 5.69 Å².